The van der Waals surface area contributed by atoms with Crippen molar-refractivity contribution in [1.29, 1.82) is 0 Å². The first-order valence-electron chi connectivity index (χ1n) is 8.65. The molecule has 0 radical (unpaired) electrons. The molecule has 1 saturated heterocycles. The summed E-state index contributed by atoms with van der Waals surface area (Å²) in [5, 5.41) is 4.72. The summed E-state index contributed by atoms with van der Waals surface area (Å²) < 4.78 is 3.42. The second kappa shape index (κ2) is 8.33. The van der Waals surface area contributed by atoms with Crippen molar-refractivity contribution in [2.45, 2.75) is 72.4 Å². The van der Waals surface area contributed by atoms with E-state index in [1.807, 2.05) is 0 Å². The highest BCUT2D eigenvalue weighted by Gasteiger charge is 2.20. The number of aryl methyl sites for hydroxylation is 2. The van der Waals surface area contributed by atoms with Crippen LogP contribution in [0.2, 0.25) is 0 Å². The van der Waals surface area contributed by atoms with Gasteiger partial charge in [-0.2, -0.15) is 5.10 Å². The quantitative estimate of drug-likeness (QED) is 0.741. The van der Waals surface area contributed by atoms with Crippen LogP contribution in [0.25, 0.3) is 0 Å². The molecule has 1 unspecified atom stereocenters. The van der Waals surface area contributed by atoms with E-state index in [0.29, 0.717) is 0 Å². The van der Waals surface area contributed by atoms with Gasteiger partial charge >= 0.3 is 0 Å². The van der Waals surface area contributed by atoms with Gasteiger partial charge in [0.2, 0.25) is 0 Å². The van der Waals surface area contributed by atoms with Crippen molar-refractivity contribution in [2.24, 2.45) is 5.92 Å². The fourth-order valence-electron chi connectivity index (χ4n) is 3.46. The molecule has 0 N–H and O–H groups in total. The second-order valence-electron chi connectivity index (χ2n) is 6.24. The van der Waals surface area contributed by atoms with Gasteiger partial charge in [0.15, 0.2) is 0 Å². The van der Waals surface area contributed by atoms with Crippen molar-refractivity contribution in [3.05, 3.63) is 15.9 Å². The third kappa shape index (κ3) is 4.32. The summed E-state index contributed by atoms with van der Waals surface area (Å²) in [6.45, 7) is 11.2. The zero-order chi connectivity index (χ0) is 15.2. The van der Waals surface area contributed by atoms with Gasteiger partial charge in [0.1, 0.15) is 0 Å². The standard InChI is InChI=1S/C17H30BrN3/c1-4-8-14-9-7-11-20(12-10-14)13-16-17(18)15(5-2)19-21(16)6-3/h14H,4-13H2,1-3H3. The van der Waals surface area contributed by atoms with Crippen LogP contribution in [0.1, 0.15) is 64.3 Å². The average Bonchev–Trinajstić information content (AvgIpc) is 2.64. The largest absolute Gasteiger partial charge is 0.297 e. The highest BCUT2D eigenvalue weighted by Crippen LogP contribution is 2.26. The number of halogens is 1. The lowest BCUT2D eigenvalue weighted by atomic mass is 9.96. The Morgan fingerprint density at radius 3 is 2.67 bits per heavy atom. The molecule has 1 atom stereocenters. The van der Waals surface area contributed by atoms with E-state index in [2.05, 4.69) is 46.3 Å². The van der Waals surface area contributed by atoms with E-state index in [1.54, 1.807) is 0 Å². The first-order valence-corrected chi connectivity index (χ1v) is 9.45. The van der Waals surface area contributed by atoms with Gasteiger partial charge in [0.25, 0.3) is 0 Å². The molecule has 2 heterocycles. The molecule has 0 aliphatic carbocycles. The Kier molecular flexibility index (Phi) is 6.74. The summed E-state index contributed by atoms with van der Waals surface area (Å²) in [6.07, 6.45) is 7.87. The smallest absolute Gasteiger partial charge is 0.0767 e. The minimum Gasteiger partial charge on any atom is -0.297 e. The minimum atomic E-state index is 0.950. The number of rotatable bonds is 6. The van der Waals surface area contributed by atoms with Crippen LogP contribution in [0, 0.1) is 5.92 Å². The van der Waals surface area contributed by atoms with Crippen molar-refractivity contribution in [1.82, 2.24) is 14.7 Å². The average molecular weight is 356 g/mol. The Balaban J connectivity index is 2.03. The van der Waals surface area contributed by atoms with Gasteiger partial charge in [-0.15, -0.1) is 0 Å². The molecule has 0 spiro atoms. The molecule has 1 fully saturated rings. The van der Waals surface area contributed by atoms with Crippen LogP contribution in [0.5, 0.6) is 0 Å². The second-order valence-corrected chi connectivity index (χ2v) is 7.03. The van der Waals surface area contributed by atoms with Crippen LogP contribution in [0.4, 0.5) is 0 Å². The minimum absolute atomic E-state index is 0.950. The molecule has 120 valence electrons. The molecule has 3 nitrogen and oxygen atoms in total. The Morgan fingerprint density at radius 2 is 2.00 bits per heavy atom. The van der Waals surface area contributed by atoms with Crippen molar-refractivity contribution < 1.29 is 0 Å². The SMILES string of the molecule is CCCC1CCCN(Cc2c(Br)c(CC)nn2CC)CC1. The molecule has 0 amide bonds. The Morgan fingerprint density at radius 1 is 1.19 bits per heavy atom. The van der Waals surface area contributed by atoms with Crippen molar-refractivity contribution in [2.75, 3.05) is 13.1 Å². The van der Waals surface area contributed by atoms with E-state index >= 15 is 0 Å². The van der Waals surface area contributed by atoms with Gasteiger partial charge in [-0.05, 0) is 67.5 Å². The maximum atomic E-state index is 4.72. The molecule has 0 bridgehead atoms. The predicted molar refractivity (Wildman–Crippen MR) is 92.5 cm³/mol. The van der Waals surface area contributed by atoms with Crippen LogP contribution < -0.4 is 0 Å². The molecule has 4 heteroatoms. The van der Waals surface area contributed by atoms with Crippen molar-refractivity contribution in [3.8, 4) is 0 Å². The number of hydrogen-bond donors (Lipinski definition) is 0. The summed E-state index contributed by atoms with van der Waals surface area (Å²) in [4.78, 5) is 2.63. The van der Waals surface area contributed by atoms with Crippen LogP contribution in [-0.2, 0) is 19.5 Å². The fourth-order valence-corrected chi connectivity index (χ4v) is 4.15. The fraction of sp³-hybridized carbons (Fsp3) is 0.824. The van der Waals surface area contributed by atoms with Crippen molar-refractivity contribution in [3.63, 3.8) is 0 Å². The molecule has 2 rings (SSSR count). The molecule has 0 saturated carbocycles. The summed E-state index contributed by atoms with van der Waals surface area (Å²) in [5.41, 5.74) is 2.56. The number of likely N-dealkylation sites (tertiary alicyclic amines) is 1. The highest BCUT2D eigenvalue weighted by atomic mass is 79.9. The van der Waals surface area contributed by atoms with Crippen LogP contribution in [0.3, 0.4) is 0 Å². The summed E-state index contributed by atoms with van der Waals surface area (Å²) in [7, 11) is 0. The molecule has 1 aliphatic rings. The van der Waals surface area contributed by atoms with Crippen LogP contribution in [-0.4, -0.2) is 27.8 Å². The first-order chi connectivity index (χ1) is 10.2. The lowest BCUT2D eigenvalue weighted by molar-refractivity contribution is 0.262. The van der Waals surface area contributed by atoms with Crippen molar-refractivity contribution >= 4 is 15.9 Å². The Bertz CT molecular complexity index is 441. The summed E-state index contributed by atoms with van der Waals surface area (Å²) in [6, 6.07) is 0. The zero-order valence-electron chi connectivity index (χ0n) is 13.9. The van der Waals surface area contributed by atoms with Crippen LogP contribution in [0.15, 0.2) is 4.47 Å². The van der Waals surface area contributed by atoms with Gasteiger partial charge in [0, 0.05) is 13.1 Å². The Hall–Kier alpha value is -0.350. The molecule has 1 aromatic rings. The number of aromatic nitrogens is 2. The zero-order valence-corrected chi connectivity index (χ0v) is 15.5. The molecule has 1 aromatic heterocycles. The van der Waals surface area contributed by atoms with E-state index in [1.165, 1.54) is 61.1 Å². The molecular weight excluding hydrogens is 326 g/mol. The molecule has 0 aromatic carbocycles. The van der Waals surface area contributed by atoms with Crippen LogP contribution >= 0.6 is 15.9 Å². The summed E-state index contributed by atoms with van der Waals surface area (Å²) >= 11 is 3.78. The normalized spacial score (nSPS) is 20.7. The summed E-state index contributed by atoms with van der Waals surface area (Å²) in [5.74, 6) is 0.950. The van der Waals surface area contributed by atoms with Gasteiger partial charge in [-0.3, -0.25) is 9.58 Å². The van der Waals surface area contributed by atoms with E-state index in [9.17, 15) is 0 Å². The predicted octanol–water partition coefficient (Wildman–Crippen LogP) is 4.63. The lowest BCUT2D eigenvalue weighted by Gasteiger charge is -2.21. The monoisotopic (exact) mass is 355 g/mol. The maximum absolute atomic E-state index is 4.72. The molecule has 1 aliphatic heterocycles. The molecule has 21 heavy (non-hydrogen) atoms. The number of nitrogens with zero attached hydrogens (tertiary/aromatic N) is 3. The molecular formula is C17H30BrN3. The lowest BCUT2D eigenvalue weighted by Crippen LogP contribution is -2.26. The van der Waals surface area contributed by atoms with E-state index in [-0.39, 0.29) is 0 Å². The van der Waals surface area contributed by atoms with E-state index < -0.39 is 0 Å². The van der Waals surface area contributed by atoms with Gasteiger partial charge in [-0.25, -0.2) is 0 Å². The Labute approximate surface area is 138 Å². The van der Waals surface area contributed by atoms with E-state index in [4.69, 9.17) is 5.10 Å². The van der Waals surface area contributed by atoms with Gasteiger partial charge in [-0.1, -0.05) is 26.7 Å². The van der Waals surface area contributed by atoms with Gasteiger partial charge in [0.05, 0.1) is 15.9 Å². The third-order valence-electron chi connectivity index (χ3n) is 4.70. The van der Waals surface area contributed by atoms with E-state index in [0.717, 1.165) is 25.4 Å². The number of hydrogen-bond acceptors (Lipinski definition) is 2. The maximum Gasteiger partial charge on any atom is 0.0767 e. The third-order valence-corrected chi connectivity index (χ3v) is 5.62. The van der Waals surface area contributed by atoms with Gasteiger partial charge < -0.3 is 0 Å². The first kappa shape index (κ1) is 17.0. The topological polar surface area (TPSA) is 21.1 Å². The highest BCUT2D eigenvalue weighted by molar-refractivity contribution is 9.10.